The SMILES string of the molecule is CCCNC(=O)[C@H](C)N(Cc1cccc(Br)c1)C(=O)COc1ccc(F)cc1. The molecule has 0 spiro atoms. The third-order valence-corrected chi connectivity index (χ3v) is 4.63. The maximum atomic E-state index is 13.0. The zero-order valence-electron chi connectivity index (χ0n) is 16.0. The Kier molecular flexibility index (Phi) is 8.44. The van der Waals surface area contributed by atoms with Gasteiger partial charge in [0.2, 0.25) is 5.91 Å². The standard InChI is InChI=1S/C21H24BrFN2O3/c1-3-11-24-21(27)15(2)25(13-16-5-4-6-17(22)12-16)20(26)14-28-19-9-7-18(23)8-10-19/h4-10,12,15H,3,11,13-14H2,1-2H3,(H,24,27)/t15-/m0/s1. The molecule has 0 unspecified atom stereocenters. The normalized spacial score (nSPS) is 11.6. The van der Waals surface area contributed by atoms with Gasteiger partial charge in [-0.15, -0.1) is 0 Å². The zero-order chi connectivity index (χ0) is 20.5. The number of hydrogen-bond donors (Lipinski definition) is 1. The van der Waals surface area contributed by atoms with Crippen LogP contribution in [-0.2, 0) is 16.1 Å². The Bertz CT molecular complexity index is 798. The van der Waals surface area contributed by atoms with Gasteiger partial charge in [0.05, 0.1) is 0 Å². The van der Waals surface area contributed by atoms with Crippen molar-refractivity contribution in [3.63, 3.8) is 0 Å². The average Bonchev–Trinajstić information content (AvgIpc) is 2.69. The minimum atomic E-state index is -0.658. The number of benzene rings is 2. The molecule has 2 aromatic rings. The summed E-state index contributed by atoms with van der Waals surface area (Å²) in [5.74, 6) is -0.535. The van der Waals surface area contributed by atoms with Crippen LogP contribution in [0, 0.1) is 5.82 Å². The number of nitrogens with zero attached hydrogens (tertiary/aromatic N) is 1. The highest BCUT2D eigenvalue weighted by molar-refractivity contribution is 9.10. The van der Waals surface area contributed by atoms with Crippen molar-refractivity contribution < 1.29 is 18.7 Å². The summed E-state index contributed by atoms with van der Waals surface area (Å²) in [6, 6.07) is 12.3. The number of halogens is 2. The van der Waals surface area contributed by atoms with Crippen LogP contribution in [-0.4, -0.2) is 35.9 Å². The number of carbonyl (C=O) groups excluding carboxylic acids is 2. The fourth-order valence-corrected chi connectivity index (χ4v) is 3.02. The number of nitrogens with one attached hydrogen (secondary N) is 1. The van der Waals surface area contributed by atoms with Gasteiger partial charge >= 0.3 is 0 Å². The van der Waals surface area contributed by atoms with E-state index in [-0.39, 0.29) is 30.8 Å². The van der Waals surface area contributed by atoms with Gasteiger partial charge in [-0.3, -0.25) is 9.59 Å². The molecule has 0 aliphatic carbocycles. The van der Waals surface area contributed by atoms with Crippen molar-refractivity contribution in [2.75, 3.05) is 13.2 Å². The van der Waals surface area contributed by atoms with Crippen molar-refractivity contribution in [1.29, 1.82) is 0 Å². The van der Waals surface area contributed by atoms with E-state index < -0.39 is 6.04 Å². The number of carbonyl (C=O) groups is 2. The van der Waals surface area contributed by atoms with Crippen LogP contribution in [0.15, 0.2) is 53.0 Å². The van der Waals surface area contributed by atoms with Gasteiger partial charge in [0.25, 0.3) is 5.91 Å². The minimum Gasteiger partial charge on any atom is -0.484 e. The molecule has 28 heavy (non-hydrogen) atoms. The highest BCUT2D eigenvalue weighted by Gasteiger charge is 2.26. The largest absolute Gasteiger partial charge is 0.484 e. The summed E-state index contributed by atoms with van der Waals surface area (Å²) in [7, 11) is 0. The third kappa shape index (κ3) is 6.64. The molecule has 0 aliphatic heterocycles. The maximum Gasteiger partial charge on any atom is 0.261 e. The van der Waals surface area contributed by atoms with Crippen LogP contribution in [0.4, 0.5) is 4.39 Å². The van der Waals surface area contributed by atoms with Gasteiger partial charge in [0, 0.05) is 17.6 Å². The fraction of sp³-hybridized carbons (Fsp3) is 0.333. The maximum absolute atomic E-state index is 13.0. The smallest absolute Gasteiger partial charge is 0.261 e. The first-order chi connectivity index (χ1) is 13.4. The van der Waals surface area contributed by atoms with Gasteiger partial charge in [-0.05, 0) is 55.3 Å². The van der Waals surface area contributed by atoms with Crippen molar-refractivity contribution in [2.24, 2.45) is 0 Å². The molecular weight excluding hydrogens is 427 g/mol. The fourth-order valence-electron chi connectivity index (χ4n) is 2.57. The second-order valence-corrected chi connectivity index (χ2v) is 7.28. The van der Waals surface area contributed by atoms with Gasteiger partial charge in [-0.2, -0.15) is 0 Å². The highest BCUT2D eigenvalue weighted by Crippen LogP contribution is 2.16. The summed E-state index contributed by atoms with van der Waals surface area (Å²) < 4.78 is 19.4. The summed E-state index contributed by atoms with van der Waals surface area (Å²) in [6.07, 6.45) is 0.811. The highest BCUT2D eigenvalue weighted by atomic mass is 79.9. The molecule has 2 rings (SSSR count). The van der Waals surface area contributed by atoms with Crippen molar-refractivity contribution in [3.05, 3.63) is 64.4 Å². The van der Waals surface area contributed by atoms with Gasteiger partial charge in [0.1, 0.15) is 17.6 Å². The molecule has 0 saturated carbocycles. The monoisotopic (exact) mass is 450 g/mol. The third-order valence-electron chi connectivity index (χ3n) is 4.13. The summed E-state index contributed by atoms with van der Waals surface area (Å²) in [6.45, 7) is 4.23. The molecule has 0 heterocycles. The van der Waals surface area contributed by atoms with E-state index in [1.54, 1.807) is 6.92 Å². The molecule has 150 valence electrons. The summed E-state index contributed by atoms with van der Waals surface area (Å²) >= 11 is 3.42. The molecule has 2 amide bonds. The number of hydrogen-bond acceptors (Lipinski definition) is 3. The Morgan fingerprint density at radius 1 is 1.21 bits per heavy atom. The average molecular weight is 451 g/mol. The van der Waals surface area contributed by atoms with E-state index >= 15 is 0 Å². The second-order valence-electron chi connectivity index (χ2n) is 6.36. The second kappa shape index (κ2) is 10.8. The Morgan fingerprint density at radius 2 is 1.93 bits per heavy atom. The van der Waals surface area contributed by atoms with Crippen LogP contribution in [0.5, 0.6) is 5.75 Å². The zero-order valence-corrected chi connectivity index (χ0v) is 17.5. The Morgan fingerprint density at radius 3 is 2.57 bits per heavy atom. The first kappa shape index (κ1) is 21.9. The molecule has 0 bridgehead atoms. The number of amides is 2. The van der Waals surface area contributed by atoms with E-state index in [0.717, 1.165) is 16.5 Å². The van der Waals surface area contributed by atoms with Gasteiger partial charge in [0.15, 0.2) is 6.61 Å². The van der Waals surface area contributed by atoms with Gasteiger partial charge in [-0.1, -0.05) is 35.0 Å². The molecule has 2 aromatic carbocycles. The van der Waals surface area contributed by atoms with Crippen LogP contribution in [0.1, 0.15) is 25.8 Å². The Balaban J connectivity index is 2.12. The van der Waals surface area contributed by atoms with Crippen LogP contribution in [0.3, 0.4) is 0 Å². The van der Waals surface area contributed by atoms with E-state index in [4.69, 9.17) is 4.74 Å². The minimum absolute atomic E-state index is 0.216. The first-order valence-electron chi connectivity index (χ1n) is 9.10. The molecular formula is C21H24BrFN2O3. The van der Waals surface area contributed by atoms with Crippen LogP contribution < -0.4 is 10.1 Å². The molecule has 0 saturated heterocycles. The predicted molar refractivity (Wildman–Crippen MR) is 109 cm³/mol. The van der Waals surface area contributed by atoms with E-state index in [2.05, 4.69) is 21.2 Å². The molecule has 5 nitrogen and oxygen atoms in total. The van der Waals surface area contributed by atoms with Crippen molar-refractivity contribution in [1.82, 2.24) is 10.2 Å². The molecule has 0 aromatic heterocycles. The lowest BCUT2D eigenvalue weighted by atomic mass is 10.1. The predicted octanol–water partition coefficient (Wildman–Crippen LogP) is 3.91. The lowest BCUT2D eigenvalue weighted by Gasteiger charge is -2.28. The first-order valence-corrected chi connectivity index (χ1v) is 9.90. The summed E-state index contributed by atoms with van der Waals surface area (Å²) in [5.41, 5.74) is 0.889. The Labute approximate surface area is 173 Å². The molecule has 7 heteroatoms. The van der Waals surface area contributed by atoms with Crippen LogP contribution in [0.25, 0.3) is 0 Å². The molecule has 1 N–H and O–H groups in total. The molecule has 0 aliphatic rings. The lowest BCUT2D eigenvalue weighted by Crippen LogP contribution is -2.49. The van der Waals surface area contributed by atoms with Crippen molar-refractivity contribution in [2.45, 2.75) is 32.9 Å². The van der Waals surface area contributed by atoms with E-state index in [0.29, 0.717) is 12.3 Å². The summed E-state index contributed by atoms with van der Waals surface area (Å²) in [4.78, 5) is 26.7. The topological polar surface area (TPSA) is 58.6 Å². The summed E-state index contributed by atoms with van der Waals surface area (Å²) in [5, 5.41) is 2.82. The van der Waals surface area contributed by atoms with Crippen molar-refractivity contribution >= 4 is 27.7 Å². The van der Waals surface area contributed by atoms with E-state index in [1.807, 2.05) is 31.2 Å². The van der Waals surface area contributed by atoms with Gasteiger partial charge in [-0.25, -0.2) is 4.39 Å². The lowest BCUT2D eigenvalue weighted by molar-refractivity contribution is -0.142. The molecule has 0 radical (unpaired) electrons. The molecule has 1 atom stereocenters. The van der Waals surface area contributed by atoms with Crippen LogP contribution >= 0.6 is 15.9 Å². The van der Waals surface area contributed by atoms with E-state index in [1.165, 1.54) is 29.2 Å². The number of rotatable bonds is 9. The molecule has 0 fully saturated rings. The Hall–Kier alpha value is -2.41. The van der Waals surface area contributed by atoms with Crippen LogP contribution in [0.2, 0.25) is 0 Å². The van der Waals surface area contributed by atoms with Gasteiger partial charge < -0.3 is 15.0 Å². The number of ether oxygens (including phenoxy) is 1. The van der Waals surface area contributed by atoms with Crippen molar-refractivity contribution in [3.8, 4) is 5.75 Å². The quantitative estimate of drug-likeness (QED) is 0.629. The van der Waals surface area contributed by atoms with E-state index in [9.17, 15) is 14.0 Å².